The molecule has 3 aromatic heterocycles. The van der Waals surface area contributed by atoms with Crippen molar-refractivity contribution in [3.05, 3.63) is 101 Å². The van der Waals surface area contributed by atoms with Crippen molar-refractivity contribution < 1.29 is 18.4 Å². The molecule has 0 radical (unpaired) electrons. The van der Waals surface area contributed by atoms with Gasteiger partial charge in [0.05, 0.1) is 23.4 Å². The number of carbonyl (C=O) groups is 2. The van der Waals surface area contributed by atoms with Gasteiger partial charge in [0.25, 0.3) is 11.8 Å². The Balaban J connectivity index is 1.33. The highest BCUT2D eigenvalue weighted by Gasteiger charge is 2.17. The number of rotatable bonds is 6. The van der Waals surface area contributed by atoms with Gasteiger partial charge in [-0.1, -0.05) is 18.2 Å². The molecule has 0 unspecified atom stereocenters. The largest absolute Gasteiger partial charge is 0.459 e. The monoisotopic (exact) mass is 474 g/mol. The number of nitrogens with zero attached hydrogens (tertiary/aromatic N) is 2. The van der Waals surface area contributed by atoms with Crippen molar-refractivity contribution in [1.29, 1.82) is 0 Å². The molecule has 0 bridgehead atoms. The van der Waals surface area contributed by atoms with Crippen LogP contribution < -0.4 is 10.6 Å². The maximum Gasteiger partial charge on any atom is 0.291 e. The van der Waals surface area contributed by atoms with Gasteiger partial charge < -0.3 is 15.1 Å². The Bertz CT molecular complexity index is 1490. The minimum atomic E-state index is -0.376. The van der Waals surface area contributed by atoms with Gasteiger partial charge in [-0.25, -0.2) is 4.39 Å². The maximum atomic E-state index is 13.2. The smallest absolute Gasteiger partial charge is 0.291 e. The average molecular weight is 475 g/mol. The van der Waals surface area contributed by atoms with Crippen molar-refractivity contribution in [2.24, 2.45) is 0 Å². The molecule has 0 aliphatic heterocycles. The molecule has 5 rings (SSSR count). The van der Waals surface area contributed by atoms with E-state index >= 15 is 0 Å². The van der Waals surface area contributed by atoms with Gasteiger partial charge in [-0.2, -0.15) is 5.10 Å². The van der Waals surface area contributed by atoms with Gasteiger partial charge in [-0.05, 0) is 61.0 Å². The van der Waals surface area contributed by atoms with Crippen molar-refractivity contribution in [2.75, 3.05) is 10.6 Å². The third-order valence-corrected chi connectivity index (χ3v) is 6.35. The summed E-state index contributed by atoms with van der Waals surface area (Å²) in [7, 11) is 0. The molecule has 0 atom stereocenters. The SMILES string of the molecule is Cc1nn(Cc2ccc(F)cc2)c2sc(C(=O)Nc3cccc(NC(=O)c4ccco4)c3)cc12. The Morgan fingerprint density at radius 3 is 2.44 bits per heavy atom. The van der Waals surface area contributed by atoms with Crippen LogP contribution in [0.1, 0.15) is 31.5 Å². The first kappa shape index (κ1) is 21.6. The molecule has 9 heteroatoms. The summed E-state index contributed by atoms with van der Waals surface area (Å²) in [5.41, 5.74) is 2.80. The van der Waals surface area contributed by atoms with E-state index in [1.807, 2.05) is 17.7 Å². The van der Waals surface area contributed by atoms with Gasteiger partial charge >= 0.3 is 0 Å². The van der Waals surface area contributed by atoms with Crippen LogP contribution in [0.4, 0.5) is 15.8 Å². The fourth-order valence-electron chi connectivity index (χ4n) is 3.56. The number of nitrogens with one attached hydrogen (secondary N) is 2. The molecule has 0 aliphatic carbocycles. The number of halogens is 1. The first-order valence-electron chi connectivity index (χ1n) is 10.4. The summed E-state index contributed by atoms with van der Waals surface area (Å²) >= 11 is 1.34. The number of furan rings is 1. The minimum absolute atomic E-state index is 0.199. The van der Waals surface area contributed by atoms with Crippen LogP contribution in [0, 0.1) is 12.7 Å². The number of amides is 2. The van der Waals surface area contributed by atoms with E-state index in [-0.39, 0.29) is 23.4 Å². The fourth-order valence-corrected chi connectivity index (χ4v) is 4.62. The Kier molecular flexibility index (Phi) is 5.69. The Labute approximate surface area is 197 Å². The quantitative estimate of drug-likeness (QED) is 0.331. The highest BCUT2D eigenvalue weighted by atomic mass is 32.1. The molecule has 0 saturated carbocycles. The highest BCUT2D eigenvalue weighted by molar-refractivity contribution is 7.20. The molecule has 3 heterocycles. The molecule has 7 nitrogen and oxygen atoms in total. The van der Waals surface area contributed by atoms with Crippen LogP contribution in [0.2, 0.25) is 0 Å². The lowest BCUT2D eigenvalue weighted by molar-refractivity contribution is 0.0995. The van der Waals surface area contributed by atoms with E-state index in [1.54, 1.807) is 48.5 Å². The lowest BCUT2D eigenvalue weighted by Crippen LogP contribution is -2.13. The van der Waals surface area contributed by atoms with E-state index < -0.39 is 0 Å². The normalized spacial score (nSPS) is 11.0. The third-order valence-electron chi connectivity index (χ3n) is 5.20. The lowest BCUT2D eigenvalue weighted by atomic mass is 10.2. The van der Waals surface area contributed by atoms with E-state index in [9.17, 15) is 14.0 Å². The number of fused-ring (bicyclic) bond motifs is 1. The van der Waals surface area contributed by atoms with Crippen LogP contribution in [0.15, 0.2) is 77.4 Å². The predicted molar refractivity (Wildman–Crippen MR) is 129 cm³/mol. The van der Waals surface area contributed by atoms with Crippen molar-refractivity contribution in [2.45, 2.75) is 13.5 Å². The summed E-state index contributed by atoms with van der Waals surface area (Å²) in [5.74, 6) is -0.724. The Morgan fingerprint density at radius 2 is 1.74 bits per heavy atom. The molecule has 0 fully saturated rings. The Hall–Kier alpha value is -4.24. The van der Waals surface area contributed by atoms with E-state index in [0.717, 1.165) is 21.5 Å². The van der Waals surface area contributed by atoms with Crippen LogP contribution in [-0.4, -0.2) is 21.6 Å². The second kappa shape index (κ2) is 8.95. The summed E-state index contributed by atoms with van der Waals surface area (Å²) in [6.07, 6.45) is 1.43. The molecule has 0 spiro atoms. The highest BCUT2D eigenvalue weighted by Crippen LogP contribution is 2.30. The van der Waals surface area contributed by atoms with Crippen molar-refractivity contribution >= 4 is 44.7 Å². The predicted octanol–water partition coefficient (Wildman–Crippen LogP) is 5.69. The molecule has 2 N–H and O–H groups in total. The van der Waals surface area contributed by atoms with Gasteiger partial charge in [-0.3, -0.25) is 14.3 Å². The topological polar surface area (TPSA) is 89.2 Å². The second-order valence-electron chi connectivity index (χ2n) is 7.67. The molecule has 2 amide bonds. The number of aromatic nitrogens is 2. The van der Waals surface area contributed by atoms with E-state index in [2.05, 4.69) is 15.7 Å². The summed E-state index contributed by atoms with van der Waals surface area (Å²) in [6.45, 7) is 2.37. The van der Waals surface area contributed by atoms with Gasteiger partial charge in [0, 0.05) is 16.8 Å². The number of aryl methyl sites for hydroxylation is 1. The molecule has 0 aliphatic rings. The zero-order valence-electron chi connectivity index (χ0n) is 18.0. The summed E-state index contributed by atoms with van der Waals surface area (Å²) < 4.78 is 20.1. The molecule has 0 saturated heterocycles. The third kappa shape index (κ3) is 4.46. The van der Waals surface area contributed by atoms with Gasteiger partial charge in [0.15, 0.2) is 5.76 Å². The van der Waals surface area contributed by atoms with Crippen LogP contribution in [0.25, 0.3) is 10.2 Å². The fraction of sp³-hybridized carbons (Fsp3) is 0.0800. The Morgan fingerprint density at radius 1 is 1.00 bits per heavy atom. The van der Waals surface area contributed by atoms with Crippen molar-refractivity contribution in [3.8, 4) is 0 Å². The molecular weight excluding hydrogens is 455 g/mol. The van der Waals surface area contributed by atoms with Crippen molar-refractivity contribution in [3.63, 3.8) is 0 Å². The molecule has 2 aromatic carbocycles. The maximum absolute atomic E-state index is 13.2. The van der Waals surface area contributed by atoms with Crippen LogP contribution in [-0.2, 0) is 6.54 Å². The number of carbonyl (C=O) groups excluding carboxylic acids is 2. The van der Waals surface area contributed by atoms with Crippen LogP contribution >= 0.6 is 11.3 Å². The number of benzene rings is 2. The summed E-state index contributed by atoms with van der Waals surface area (Å²) in [5, 5.41) is 11.1. The van der Waals surface area contributed by atoms with Crippen molar-refractivity contribution in [1.82, 2.24) is 9.78 Å². The summed E-state index contributed by atoms with van der Waals surface area (Å²) in [6, 6.07) is 18.2. The van der Waals surface area contributed by atoms with Gasteiger partial charge in [-0.15, -0.1) is 11.3 Å². The van der Waals surface area contributed by atoms with Crippen LogP contribution in [0.3, 0.4) is 0 Å². The van der Waals surface area contributed by atoms with E-state index in [4.69, 9.17) is 4.42 Å². The van der Waals surface area contributed by atoms with E-state index in [0.29, 0.717) is 22.8 Å². The first-order valence-corrected chi connectivity index (χ1v) is 11.3. The molecule has 170 valence electrons. The summed E-state index contributed by atoms with van der Waals surface area (Å²) in [4.78, 5) is 26.5. The van der Waals surface area contributed by atoms with Gasteiger partial charge in [0.1, 0.15) is 10.6 Å². The molecule has 34 heavy (non-hydrogen) atoms. The number of anilines is 2. The second-order valence-corrected chi connectivity index (χ2v) is 8.70. The molecular formula is C25H19FN4O3S. The van der Waals surface area contributed by atoms with Crippen LogP contribution in [0.5, 0.6) is 0 Å². The average Bonchev–Trinajstić information content (AvgIpc) is 3.55. The number of hydrogen-bond donors (Lipinski definition) is 2. The molecule has 5 aromatic rings. The zero-order valence-corrected chi connectivity index (χ0v) is 18.9. The minimum Gasteiger partial charge on any atom is -0.459 e. The lowest BCUT2D eigenvalue weighted by Gasteiger charge is -2.07. The number of hydrogen-bond acceptors (Lipinski definition) is 5. The number of thiophene rings is 1. The first-order chi connectivity index (χ1) is 16.5. The van der Waals surface area contributed by atoms with Gasteiger partial charge in [0.2, 0.25) is 0 Å². The van der Waals surface area contributed by atoms with E-state index in [1.165, 1.54) is 29.7 Å². The zero-order chi connectivity index (χ0) is 23.7. The standard InChI is InChI=1S/C25H19FN4O3S/c1-15-20-13-22(34-25(20)30(29-15)14-16-7-9-17(26)10-8-16)24(32)28-19-5-2-4-18(12-19)27-23(31)21-6-3-11-33-21/h2-13H,14H2,1H3,(H,27,31)(H,28,32).